The number of urea groups is 1. The maximum absolute atomic E-state index is 13.8. The van der Waals surface area contributed by atoms with E-state index in [2.05, 4.69) is 15.6 Å². The van der Waals surface area contributed by atoms with E-state index in [9.17, 15) is 22.8 Å². The Labute approximate surface area is 145 Å². The zero-order valence-corrected chi connectivity index (χ0v) is 13.4. The number of nitrogens with one attached hydrogen (secondary N) is 1. The molecule has 26 heavy (non-hydrogen) atoms. The van der Waals surface area contributed by atoms with Crippen molar-refractivity contribution in [2.75, 3.05) is 11.9 Å². The third-order valence-electron chi connectivity index (χ3n) is 3.98. The number of carbonyl (C=O) groups is 2. The van der Waals surface area contributed by atoms with Crippen molar-refractivity contribution in [2.45, 2.75) is 25.2 Å². The van der Waals surface area contributed by atoms with Crippen LogP contribution >= 0.6 is 0 Å². The van der Waals surface area contributed by atoms with Crippen molar-refractivity contribution in [3.63, 3.8) is 0 Å². The van der Waals surface area contributed by atoms with Gasteiger partial charge >= 0.3 is 6.03 Å². The van der Waals surface area contributed by atoms with Crippen LogP contribution < -0.4 is 11.1 Å². The van der Waals surface area contributed by atoms with E-state index in [1.165, 1.54) is 15.8 Å². The van der Waals surface area contributed by atoms with Crippen molar-refractivity contribution in [1.29, 1.82) is 0 Å². The van der Waals surface area contributed by atoms with Crippen molar-refractivity contribution >= 4 is 17.6 Å². The Balaban J connectivity index is 1.72. The fraction of sp³-hybridized carbons (Fsp3) is 0.333. The number of carbonyl (C=O) groups excluding carboxylic acids is 2. The summed E-state index contributed by atoms with van der Waals surface area (Å²) in [5, 5.41) is 9.51. The van der Waals surface area contributed by atoms with E-state index in [1.807, 2.05) is 0 Å². The number of anilines is 1. The number of nitrogens with two attached hydrogens (primary N) is 1. The highest BCUT2D eigenvalue weighted by Crippen LogP contribution is 2.24. The van der Waals surface area contributed by atoms with Crippen LogP contribution in [0, 0.1) is 11.6 Å². The minimum Gasteiger partial charge on any atom is -0.364 e. The van der Waals surface area contributed by atoms with E-state index in [4.69, 9.17) is 5.73 Å². The third-order valence-corrected chi connectivity index (χ3v) is 3.98. The van der Waals surface area contributed by atoms with Crippen molar-refractivity contribution in [1.82, 2.24) is 19.9 Å². The fourth-order valence-corrected chi connectivity index (χ4v) is 2.78. The lowest BCUT2D eigenvalue weighted by Crippen LogP contribution is -2.41. The van der Waals surface area contributed by atoms with E-state index < -0.39 is 35.8 Å². The zero-order chi connectivity index (χ0) is 18.8. The van der Waals surface area contributed by atoms with Crippen LogP contribution in [0.3, 0.4) is 0 Å². The Kier molecular flexibility index (Phi) is 4.78. The molecule has 0 unspecified atom stereocenters. The quantitative estimate of drug-likeness (QED) is 0.848. The Morgan fingerprint density at radius 1 is 1.35 bits per heavy atom. The molecule has 2 aromatic rings. The molecule has 2 atom stereocenters. The van der Waals surface area contributed by atoms with E-state index in [-0.39, 0.29) is 30.9 Å². The maximum atomic E-state index is 13.8. The number of benzene rings is 1. The topological polar surface area (TPSA) is 106 Å². The van der Waals surface area contributed by atoms with E-state index in [0.717, 1.165) is 18.2 Å². The van der Waals surface area contributed by atoms with Crippen LogP contribution in [0.4, 0.5) is 23.7 Å². The monoisotopic (exact) mass is 368 g/mol. The molecule has 0 bridgehead atoms. The molecular formula is C15H15F3N6O2. The average Bonchev–Trinajstić information content (AvgIpc) is 3.18. The second-order valence-corrected chi connectivity index (χ2v) is 5.88. The van der Waals surface area contributed by atoms with Gasteiger partial charge in [0.25, 0.3) is 5.91 Å². The number of hydrogen-bond acceptors (Lipinski definition) is 4. The Morgan fingerprint density at radius 2 is 2.12 bits per heavy atom. The number of nitrogens with zero attached hydrogens (tertiary/aromatic N) is 4. The van der Waals surface area contributed by atoms with E-state index >= 15 is 0 Å². The first-order chi connectivity index (χ1) is 12.3. The number of halogens is 3. The molecule has 1 aliphatic rings. The number of hydrogen-bond donors (Lipinski definition) is 2. The van der Waals surface area contributed by atoms with E-state index in [1.54, 1.807) is 0 Å². The highest BCUT2D eigenvalue weighted by Gasteiger charge is 2.36. The molecule has 1 fully saturated rings. The molecule has 1 saturated heterocycles. The second-order valence-electron chi connectivity index (χ2n) is 5.88. The Hall–Kier alpha value is -3.11. The summed E-state index contributed by atoms with van der Waals surface area (Å²) in [7, 11) is 0. The molecule has 3 N–H and O–H groups in total. The lowest BCUT2D eigenvalue weighted by atomic mass is 10.2. The van der Waals surface area contributed by atoms with Gasteiger partial charge in [-0.1, -0.05) is 5.21 Å². The first kappa shape index (κ1) is 17.7. The summed E-state index contributed by atoms with van der Waals surface area (Å²) in [6.45, 7) is -0.134. The predicted octanol–water partition coefficient (Wildman–Crippen LogP) is 1.30. The van der Waals surface area contributed by atoms with Crippen LogP contribution in [0.2, 0.25) is 0 Å². The summed E-state index contributed by atoms with van der Waals surface area (Å²) >= 11 is 0. The van der Waals surface area contributed by atoms with Gasteiger partial charge in [0.05, 0.1) is 31.0 Å². The van der Waals surface area contributed by atoms with Gasteiger partial charge < -0.3 is 16.0 Å². The third kappa shape index (κ3) is 3.76. The molecule has 1 aliphatic heterocycles. The number of primary amides is 1. The molecule has 1 aromatic heterocycles. The summed E-state index contributed by atoms with van der Waals surface area (Å²) in [5.74, 6) is -2.29. The number of alkyl halides is 1. The molecule has 2 heterocycles. The molecule has 11 heteroatoms. The van der Waals surface area contributed by atoms with Gasteiger partial charge in [0.2, 0.25) is 0 Å². The highest BCUT2D eigenvalue weighted by atomic mass is 19.1. The summed E-state index contributed by atoms with van der Waals surface area (Å²) < 4.78 is 42.0. The van der Waals surface area contributed by atoms with Crippen molar-refractivity contribution in [2.24, 2.45) is 5.73 Å². The van der Waals surface area contributed by atoms with Crippen molar-refractivity contribution < 1.29 is 22.8 Å². The molecule has 0 aliphatic carbocycles. The van der Waals surface area contributed by atoms with Gasteiger partial charge in [-0.3, -0.25) is 4.79 Å². The zero-order valence-electron chi connectivity index (χ0n) is 13.4. The van der Waals surface area contributed by atoms with Crippen LogP contribution in [0.25, 0.3) is 0 Å². The largest absolute Gasteiger partial charge is 0.364 e. The lowest BCUT2D eigenvalue weighted by Gasteiger charge is -2.24. The molecule has 3 rings (SSSR count). The highest BCUT2D eigenvalue weighted by molar-refractivity contribution is 5.90. The van der Waals surface area contributed by atoms with Gasteiger partial charge in [-0.2, -0.15) is 0 Å². The van der Waals surface area contributed by atoms with Gasteiger partial charge in [-0.05, 0) is 12.1 Å². The SMILES string of the molecule is NC(=O)c1cn(C[C@@H]2C[C@H](F)CN2C(=O)Nc2cc(F)ccc2F)nn1. The standard InChI is InChI=1S/C15H15F3N6O2/c16-8-1-2-11(18)12(4-8)20-15(26)24-5-9(17)3-10(24)6-23-7-13(14(19)25)21-22-23/h1-2,4,7,9-10H,3,5-6H2,(H2,19,25)(H,20,26)/t9-,10-/m0/s1. The molecule has 8 nitrogen and oxygen atoms in total. The number of rotatable bonds is 4. The van der Waals surface area contributed by atoms with Crippen LogP contribution in [0.5, 0.6) is 0 Å². The molecular weight excluding hydrogens is 353 g/mol. The van der Waals surface area contributed by atoms with Gasteiger partial charge in [0.1, 0.15) is 17.8 Å². The van der Waals surface area contributed by atoms with Gasteiger partial charge in [0, 0.05) is 12.5 Å². The van der Waals surface area contributed by atoms with Crippen LogP contribution in [-0.2, 0) is 6.54 Å². The van der Waals surface area contributed by atoms with Crippen molar-refractivity contribution in [3.8, 4) is 0 Å². The first-order valence-electron chi connectivity index (χ1n) is 7.70. The first-order valence-corrected chi connectivity index (χ1v) is 7.70. The maximum Gasteiger partial charge on any atom is 0.322 e. The second kappa shape index (κ2) is 7.02. The summed E-state index contributed by atoms with van der Waals surface area (Å²) in [5.41, 5.74) is 4.69. The molecule has 0 spiro atoms. The average molecular weight is 368 g/mol. The molecule has 0 saturated carbocycles. The van der Waals surface area contributed by atoms with Crippen LogP contribution in [-0.4, -0.2) is 50.6 Å². The van der Waals surface area contributed by atoms with Crippen LogP contribution in [0.1, 0.15) is 16.9 Å². The minimum atomic E-state index is -1.28. The predicted molar refractivity (Wildman–Crippen MR) is 83.9 cm³/mol. The van der Waals surface area contributed by atoms with Gasteiger partial charge in [-0.25, -0.2) is 22.6 Å². The van der Waals surface area contributed by atoms with Crippen molar-refractivity contribution in [3.05, 3.63) is 41.7 Å². The van der Waals surface area contributed by atoms with Crippen LogP contribution in [0.15, 0.2) is 24.4 Å². The normalized spacial score (nSPS) is 19.6. The van der Waals surface area contributed by atoms with E-state index in [0.29, 0.717) is 0 Å². The molecule has 1 aromatic carbocycles. The minimum absolute atomic E-state index is 0.0326. The Bertz CT molecular complexity index is 843. The number of likely N-dealkylation sites (tertiary alicyclic amines) is 1. The molecule has 138 valence electrons. The molecule has 3 amide bonds. The smallest absolute Gasteiger partial charge is 0.322 e. The molecule has 0 radical (unpaired) electrons. The number of aromatic nitrogens is 3. The fourth-order valence-electron chi connectivity index (χ4n) is 2.78. The summed E-state index contributed by atoms with van der Waals surface area (Å²) in [4.78, 5) is 24.6. The summed E-state index contributed by atoms with van der Waals surface area (Å²) in [6.07, 6.45) is 0.0448. The van der Waals surface area contributed by atoms with Gasteiger partial charge in [0.15, 0.2) is 5.69 Å². The Morgan fingerprint density at radius 3 is 2.81 bits per heavy atom. The van der Waals surface area contributed by atoms with Gasteiger partial charge in [-0.15, -0.1) is 5.10 Å². The summed E-state index contributed by atoms with van der Waals surface area (Å²) in [6, 6.07) is 1.26. The lowest BCUT2D eigenvalue weighted by molar-refractivity contribution is 0.0995. The number of amides is 3.